The third kappa shape index (κ3) is 3.29. The minimum atomic E-state index is -1.05. The third-order valence-corrected chi connectivity index (χ3v) is 4.02. The van der Waals surface area contributed by atoms with Crippen molar-refractivity contribution >= 4 is 23.1 Å². The number of carboxylic acid groups (broad SMARTS) is 1. The first-order valence-corrected chi connectivity index (χ1v) is 6.70. The summed E-state index contributed by atoms with van der Waals surface area (Å²) in [5.74, 6) is -0.528. The summed E-state index contributed by atoms with van der Waals surface area (Å²) in [5.41, 5.74) is -0.0471. The number of hydrogen-bond donors (Lipinski definition) is 2. The van der Waals surface area contributed by atoms with Crippen LogP contribution in [0.25, 0.3) is 0 Å². The smallest absolute Gasteiger partial charge is 0.354 e. The highest BCUT2D eigenvalue weighted by molar-refractivity contribution is 7.10. The molecule has 0 amide bonds. The van der Waals surface area contributed by atoms with E-state index in [1.807, 2.05) is 11.4 Å². The number of thiophene rings is 1. The summed E-state index contributed by atoms with van der Waals surface area (Å²) in [6, 6.07) is 5.55. The molecule has 2 aromatic heterocycles. The molecule has 100 valence electrons. The zero-order chi connectivity index (χ0) is 13.9. The van der Waals surface area contributed by atoms with E-state index in [1.165, 1.54) is 17.3 Å². The normalized spacial score (nSPS) is 11.3. The summed E-state index contributed by atoms with van der Waals surface area (Å²) < 4.78 is 0. The van der Waals surface area contributed by atoms with Crippen molar-refractivity contribution in [1.29, 1.82) is 0 Å². The Kier molecular flexibility index (Phi) is 3.80. The van der Waals surface area contributed by atoms with Crippen LogP contribution in [0.5, 0.6) is 0 Å². The largest absolute Gasteiger partial charge is 0.477 e. The number of aromatic carboxylic acids is 1. The molecule has 0 fully saturated rings. The van der Waals surface area contributed by atoms with Crippen LogP contribution >= 0.6 is 11.3 Å². The summed E-state index contributed by atoms with van der Waals surface area (Å²) >= 11 is 1.71. The van der Waals surface area contributed by atoms with Gasteiger partial charge in [0.05, 0.1) is 0 Å². The van der Waals surface area contributed by atoms with Gasteiger partial charge < -0.3 is 10.4 Å². The number of carboxylic acids is 1. The Morgan fingerprint density at radius 3 is 2.89 bits per heavy atom. The molecular formula is C13H15N3O2S. The molecule has 0 saturated carbocycles. The Balaban J connectivity index is 2.06. The zero-order valence-electron chi connectivity index (χ0n) is 10.8. The molecule has 5 nitrogen and oxygen atoms in total. The molecule has 0 aromatic carbocycles. The molecule has 0 saturated heterocycles. The maximum Gasteiger partial charge on any atom is 0.354 e. The molecule has 0 radical (unpaired) electrons. The Bertz CT molecular complexity index is 567. The first-order chi connectivity index (χ1) is 8.99. The van der Waals surface area contributed by atoms with Gasteiger partial charge in [-0.05, 0) is 11.4 Å². The zero-order valence-corrected chi connectivity index (χ0v) is 11.6. The lowest BCUT2D eigenvalue weighted by Gasteiger charge is -2.23. The first-order valence-electron chi connectivity index (χ1n) is 5.82. The number of rotatable bonds is 5. The van der Waals surface area contributed by atoms with Gasteiger partial charge in [-0.2, -0.15) is 0 Å². The van der Waals surface area contributed by atoms with E-state index in [-0.39, 0.29) is 11.1 Å². The topological polar surface area (TPSA) is 75.1 Å². The monoisotopic (exact) mass is 277 g/mol. The lowest BCUT2D eigenvalue weighted by atomic mass is 9.91. The first kappa shape index (κ1) is 13.5. The third-order valence-electron chi connectivity index (χ3n) is 2.79. The molecule has 0 aliphatic heterocycles. The van der Waals surface area contributed by atoms with E-state index in [4.69, 9.17) is 5.11 Å². The van der Waals surface area contributed by atoms with Gasteiger partial charge in [0.1, 0.15) is 12.1 Å². The van der Waals surface area contributed by atoms with Crippen LogP contribution in [0.15, 0.2) is 29.9 Å². The Morgan fingerprint density at radius 1 is 1.47 bits per heavy atom. The van der Waals surface area contributed by atoms with Crippen molar-refractivity contribution < 1.29 is 9.90 Å². The highest BCUT2D eigenvalue weighted by Crippen LogP contribution is 2.27. The number of anilines is 1. The number of nitrogens with one attached hydrogen (secondary N) is 1. The fourth-order valence-electron chi connectivity index (χ4n) is 1.63. The van der Waals surface area contributed by atoms with Gasteiger partial charge >= 0.3 is 5.97 Å². The predicted molar refractivity (Wildman–Crippen MR) is 74.8 cm³/mol. The van der Waals surface area contributed by atoms with Crippen LogP contribution in [0.1, 0.15) is 29.2 Å². The van der Waals surface area contributed by atoms with Crippen molar-refractivity contribution in [3.05, 3.63) is 40.5 Å². The molecule has 0 aliphatic carbocycles. The predicted octanol–water partition coefficient (Wildman–Crippen LogP) is 2.63. The fraction of sp³-hybridized carbons (Fsp3) is 0.308. The molecular weight excluding hydrogens is 262 g/mol. The van der Waals surface area contributed by atoms with Gasteiger partial charge in [-0.25, -0.2) is 14.8 Å². The number of carbonyl (C=O) groups is 1. The Morgan fingerprint density at radius 2 is 2.26 bits per heavy atom. The summed E-state index contributed by atoms with van der Waals surface area (Å²) in [7, 11) is 0. The van der Waals surface area contributed by atoms with Crippen LogP contribution in [0.4, 0.5) is 5.82 Å². The van der Waals surface area contributed by atoms with Gasteiger partial charge in [-0.1, -0.05) is 19.9 Å². The van der Waals surface area contributed by atoms with E-state index in [2.05, 4.69) is 35.2 Å². The quantitative estimate of drug-likeness (QED) is 0.878. The Hall–Kier alpha value is -1.95. The second-order valence-electron chi connectivity index (χ2n) is 4.81. The van der Waals surface area contributed by atoms with Crippen LogP contribution in [0, 0.1) is 0 Å². The van der Waals surface area contributed by atoms with E-state index in [0.717, 1.165) is 0 Å². The summed E-state index contributed by atoms with van der Waals surface area (Å²) in [4.78, 5) is 19.8. The van der Waals surface area contributed by atoms with E-state index >= 15 is 0 Å². The van der Waals surface area contributed by atoms with Gasteiger partial charge in [0.25, 0.3) is 0 Å². The second kappa shape index (κ2) is 5.36. The molecule has 0 aliphatic rings. The van der Waals surface area contributed by atoms with Crippen molar-refractivity contribution in [3.63, 3.8) is 0 Å². The highest BCUT2D eigenvalue weighted by Gasteiger charge is 2.21. The maximum absolute atomic E-state index is 10.8. The summed E-state index contributed by atoms with van der Waals surface area (Å²) in [6.07, 6.45) is 1.25. The molecule has 0 spiro atoms. The SMILES string of the molecule is CC(C)(CNc1cc(C(=O)O)ncn1)c1cccs1. The maximum atomic E-state index is 10.8. The molecule has 2 aromatic rings. The van der Waals surface area contributed by atoms with Crippen molar-refractivity contribution in [2.24, 2.45) is 0 Å². The van der Waals surface area contributed by atoms with E-state index in [0.29, 0.717) is 12.4 Å². The standard InChI is InChI=1S/C13H15N3O2S/c1-13(2,10-4-3-5-19-10)7-14-11-6-9(12(17)18)15-8-16-11/h3-6,8H,7H2,1-2H3,(H,17,18)(H,14,15,16). The molecule has 0 unspecified atom stereocenters. The van der Waals surface area contributed by atoms with Gasteiger partial charge in [-0.3, -0.25) is 0 Å². The lowest BCUT2D eigenvalue weighted by Crippen LogP contribution is -2.27. The van der Waals surface area contributed by atoms with Gasteiger partial charge in [-0.15, -0.1) is 11.3 Å². The minimum absolute atomic E-state index is 0.00794. The van der Waals surface area contributed by atoms with Crippen LogP contribution in [-0.2, 0) is 5.41 Å². The average Bonchev–Trinajstić information content (AvgIpc) is 2.91. The molecule has 19 heavy (non-hydrogen) atoms. The fourth-order valence-corrected chi connectivity index (χ4v) is 2.49. The summed E-state index contributed by atoms with van der Waals surface area (Å²) in [5, 5.41) is 14.1. The second-order valence-corrected chi connectivity index (χ2v) is 5.76. The van der Waals surface area contributed by atoms with Crippen LogP contribution in [0.3, 0.4) is 0 Å². The van der Waals surface area contributed by atoms with Gasteiger partial charge in [0.15, 0.2) is 5.69 Å². The van der Waals surface area contributed by atoms with Crippen molar-refractivity contribution in [2.75, 3.05) is 11.9 Å². The van der Waals surface area contributed by atoms with E-state index in [9.17, 15) is 4.79 Å². The molecule has 0 bridgehead atoms. The lowest BCUT2D eigenvalue weighted by molar-refractivity contribution is 0.0690. The number of aromatic nitrogens is 2. The Labute approximate surface area is 115 Å². The minimum Gasteiger partial charge on any atom is -0.477 e. The molecule has 2 heterocycles. The molecule has 6 heteroatoms. The molecule has 2 rings (SSSR count). The van der Waals surface area contributed by atoms with Crippen LogP contribution in [0.2, 0.25) is 0 Å². The average molecular weight is 277 g/mol. The van der Waals surface area contributed by atoms with Crippen LogP contribution in [-0.4, -0.2) is 27.6 Å². The molecule has 2 N–H and O–H groups in total. The van der Waals surface area contributed by atoms with E-state index in [1.54, 1.807) is 11.3 Å². The van der Waals surface area contributed by atoms with Gasteiger partial charge in [0, 0.05) is 22.9 Å². The van der Waals surface area contributed by atoms with Gasteiger partial charge in [0.2, 0.25) is 0 Å². The number of nitrogens with zero attached hydrogens (tertiary/aromatic N) is 2. The summed E-state index contributed by atoms with van der Waals surface area (Å²) in [6.45, 7) is 4.93. The van der Waals surface area contributed by atoms with Crippen LogP contribution < -0.4 is 5.32 Å². The van der Waals surface area contributed by atoms with Crippen molar-refractivity contribution in [2.45, 2.75) is 19.3 Å². The molecule has 0 atom stereocenters. The van der Waals surface area contributed by atoms with Crippen molar-refractivity contribution in [1.82, 2.24) is 9.97 Å². The number of hydrogen-bond acceptors (Lipinski definition) is 5. The van der Waals surface area contributed by atoms with E-state index < -0.39 is 5.97 Å². The van der Waals surface area contributed by atoms with Crippen molar-refractivity contribution in [3.8, 4) is 0 Å². The highest BCUT2D eigenvalue weighted by atomic mass is 32.1.